The third-order valence-corrected chi connectivity index (χ3v) is 5.02. The van der Waals surface area contributed by atoms with E-state index in [0.717, 1.165) is 5.56 Å². The molecule has 0 saturated carbocycles. The predicted molar refractivity (Wildman–Crippen MR) is 100 cm³/mol. The number of nitrogens with one attached hydrogen (secondary N) is 1. The minimum Gasteiger partial charge on any atom is -0.497 e. The maximum atomic E-state index is 12.4. The Morgan fingerprint density at radius 1 is 0.885 bits per heavy atom. The van der Waals surface area contributed by atoms with E-state index in [1.54, 1.807) is 19.2 Å². The van der Waals surface area contributed by atoms with Crippen LogP contribution < -0.4 is 23.7 Å². The zero-order chi connectivity index (χ0) is 19.2. The maximum Gasteiger partial charge on any atom is 0.233 e. The van der Waals surface area contributed by atoms with Gasteiger partial charge in [-0.2, -0.15) is 0 Å². The lowest BCUT2D eigenvalue weighted by molar-refractivity contribution is 0.325. The molecule has 0 amide bonds. The summed E-state index contributed by atoms with van der Waals surface area (Å²) in [7, 11) is 2.43. The van der Waals surface area contributed by atoms with Crippen molar-refractivity contribution in [3.63, 3.8) is 0 Å². The summed E-state index contributed by atoms with van der Waals surface area (Å²) in [4.78, 5) is 0. The predicted octanol–water partition coefficient (Wildman–Crippen LogP) is 2.71. The van der Waals surface area contributed by atoms with Gasteiger partial charge in [-0.25, -0.2) is 8.42 Å². The summed E-state index contributed by atoms with van der Waals surface area (Å²) in [6, 6.07) is 10.4. The molecular formula is C18H23NO6S. The Bertz CT molecular complexity index is 826. The molecule has 2 rings (SSSR count). The molecule has 26 heavy (non-hydrogen) atoms. The molecule has 0 aromatic heterocycles. The second kappa shape index (κ2) is 8.66. The molecule has 142 valence electrons. The fourth-order valence-corrected chi connectivity index (χ4v) is 3.53. The number of rotatable bonds is 9. The Morgan fingerprint density at radius 3 is 2.08 bits per heavy atom. The molecule has 7 nitrogen and oxygen atoms in total. The Labute approximate surface area is 153 Å². The molecule has 1 N–H and O–H groups in total. The molecule has 0 aliphatic carbocycles. The van der Waals surface area contributed by atoms with Crippen LogP contribution in [-0.4, -0.2) is 42.6 Å². The molecule has 0 saturated heterocycles. The smallest absolute Gasteiger partial charge is 0.233 e. The lowest BCUT2D eigenvalue weighted by Crippen LogP contribution is -2.18. The summed E-state index contributed by atoms with van der Waals surface area (Å²) in [6.07, 6.45) is 0.358. The van der Waals surface area contributed by atoms with Crippen molar-refractivity contribution in [1.29, 1.82) is 0 Å². The van der Waals surface area contributed by atoms with E-state index < -0.39 is 10.0 Å². The maximum absolute atomic E-state index is 12.4. The standard InChI is InChI=1S/C18H23NO6S/c1-22-15-7-5-6-13(10-15)8-9-26(20,21)19-14-11-16(23-2)18(25-4)17(12-14)24-3/h5-7,10-12,19H,8-9H2,1-4H3. The second-order valence-corrected chi connectivity index (χ2v) is 7.28. The molecule has 2 aromatic carbocycles. The molecule has 0 fully saturated rings. The lowest BCUT2D eigenvalue weighted by atomic mass is 10.2. The monoisotopic (exact) mass is 381 g/mol. The third-order valence-electron chi connectivity index (χ3n) is 3.73. The van der Waals surface area contributed by atoms with Crippen LogP contribution in [0.15, 0.2) is 36.4 Å². The van der Waals surface area contributed by atoms with Gasteiger partial charge in [-0.15, -0.1) is 0 Å². The van der Waals surface area contributed by atoms with Crippen LogP contribution in [0.25, 0.3) is 0 Å². The molecule has 0 aliphatic heterocycles. The first-order chi connectivity index (χ1) is 12.4. The van der Waals surface area contributed by atoms with Crippen molar-refractivity contribution in [2.45, 2.75) is 6.42 Å². The number of hydrogen-bond acceptors (Lipinski definition) is 6. The normalized spacial score (nSPS) is 10.9. The van der Waals surface area contributed by atoms with Crippen LogP contribution in [0.1, 0.15) is 5.56 Å². The minimum atomic E-state index is -3.56. The van der Waals surface area contributed by atoms with Crippen molar-refractivity contribution in [1.82, 2.24) is 0 Å². The number of aryl methyl sites for hydroxylation is 1. The molecule has 0 bridgehead atoms. The van der Waals surface area contributed by atoms with Gasteiger partial charge in [0, 0.05) is 12.1 Å². The van der Waals surface area contributed by atoms with Crippen molar-refractivity contribution in [3.05, 3.63) is 42.0 Å². The second-order valence-electron chi connectivity index (χ2n) is 5.44. The average molecular weight is 381 g/mol. The lowest BCUT2D eigenvalue weighted by Gasteiger charge is -2.15. The van der Waals surface area contributed by atoms with Gasteiger partial charge in [0.25, 0.3) is 0 Å². The van der Waals surface area contributed by atoms with Crippen molar-refractivity contribution in [2.24, 2.45) is 0 Å². The summed E-state index contributed by atoms with van der Waals surface area (Å²) < 4.78 is 48.2. The first kappa shape index (κ1) is 19.7. The number of ether oxygens (including phenoxy) is 4. The van der Waals surface area contributed by atoms with Gasteiger partial charge >= 0.3 is 0 Å². The van der Waals surface area contributed by atoms with E-state index in [0.29, 0.717) is 35.1 Å². The Balaban J connectivity index is 2.15. The van der Waals surface area contributed by atoms with E-state index in [1.807, 2.05) is 24.3 Å². The van der Waals surface area contributed by atoms with Gasteiger partial charge in [-0.1, -0.05) is 12.1 Å². The first-order valence-electron chi connectivity index (χ1n) is 7.86. The van der Waals surface area contributed by atoms with E-state index in [-0.39, 0.29) is 5.75 Å². The largest absolute Gasteiger partial charge is 0.497 e. The van der Waals surface area contributed by atoms with Crippen LogP contribution >= 0.6 is 0 Å². The molecule has 0 atom stereocenters. The van der Waals surface area contributed by atoms with Crippen molar-refractivity contribution in [3.8, 4) is 23.0 Å². The number of sulfonamides is 1. The van der Waals surface area contributed by atoms with Gasteiger partial charge in [0.05, 0.1) is 39.9 Å². The van der Waals surface area contributed by atoms with E-state index >= 15 is 0 Å². The van der Waals surface area contributed by atoms with Crippen molar-refractivity contribution >= 4 is 15.7 Å². The van der Waals surface area contributed by atoms with Gasteiger partial charge in [0.15, 0.2) is 11.5 Å². The first-order valence-corrected chi connectivity index (χ1v) is 9.51. The summed E-state index contributed by atoms with van der Waals surface area (Å²) in [5.74, 6) is 1.76. The van der Waals surface area contributed by atoms with Crippen LogP contribution in [0.5, 0.6) is 23.0 Å². The fraction of sp³-hybridized carbons (Fsp3) is 0.333. The van der Waals surface area contributed by atoms with E-state index in [2.05, 4.69) is 4.72 Å². The molecule has 0 aliphatic rings. The number of methoxy groups -OCH3 is 4. The van der Waals surface area contributed by atoms with Crippen LogP contribution in [0.3, 0.4) is 0 Å². The van der Waals surface area contributed by atoms with Gasteiger partial charge in [0.2, 0.25) is 15.8 Å². The Hall–Kier alpha value is -2.61. The third kappa shape index (κ3) is 4.95. The molecule has 0 heterocycles. The van der Waals surface area contributed by atoms with E-state index in [1.165, 1.54) is 21.3 Å². The highest BCUT2D eigenvalue weighted by molar-refractivity contribution is 7.92. The average Bonchev–Trinajstić information content (AvgIpc) is 2.65. The number of anilines is 1. The van der Waals surface area contributed by atoms with Gasteiger partial charge in [-0.05, 0) is 24.1 Å². The van der Waals surface area contributed by atoms with Crippen LogP contribution in [0.4, 0.5) is 5.69 Å². The minimum absolute atomic E-state index is 0.0726. The molecule has 8 heteroatoms. The van der Waals surface area contributed by atoms with Gasteiger partial charge in [0.1, 0.15) is 5.75 Å². The van der Waals surface area contributed by atoms with E-state index in [9.17, 15) is 8.42 Å². The molecule has 0 radical (unpaired) electrons. The van der Waals surface area contributed by atoms with Crippen molar-refractivity contribution < 1.29 is 27.4 Å². The van der Waals surface area contributed by atoms with Crippen LogP contribution in [0.2, 0.25) is 0 Å². The number of benzene rings is 2. The summed E-state index contributed by atoms with van der Waals surface area (Å²) >= 11 is 0. The highest BCUT2D eigenvalue weighted by Gasteiger charge is 2.17. The quantitative estimate of drug-likeness (QED) is 0.719. The van der Waals surface area contributed by atoms with E-state index in [4.69, 9.17) is 18.9 Å². The van der Waals surface area contributed by atoms with Crippen molar-refractivity contribution in [2.75, 3.05) is 38.9 Å². The fourth-order valence-electron chi connectivity index (χ4n) is 2.45. The summed E-state index contributed by atoms with van der Waals surface area (Å²) in [5, 5.41) is 0. The van der Waals surface area contributed by atoms with Crippen LogP contribution in [-0.2, 0) is 16.4 Å². The summed E-state index contributed by atoms with van der Waals surface area (Å²) in [6.45, 7) is 0. The molecule has 0 unspecified atom stereocenters. The SMILES string of the molecule is COc1cccc(CCS(=O)(=O)Nc2cc(OC)c(OC)c(OC)c2)c1. The molecule has 2 aromatic rings. The van der Waals surface area contributed by atoms with Crippen LogP contribution in [0, 0.1) is 0 Å². The highest BCUT2D eigenvalue weighted by Crippen LogP contribution is 2.40. The number of hydrogen-bond donors (Lipinski definition) is 1. The zero-order valence-electron chi connectivity index (χ0n) is 15.2. The Kier molecular flexibility index (Phi) is 6.57. The molecule has 0 spiro atoms. The van der Waals surface area contributed by atoms with Gasteiger partial charge < -0.3 is 18.9 Å². The topological polar surface area (TPSA) is 83.1 Å². The molecular weight excluding hydrogens is 358 g/mol. The Morgan fingerprint density at radius 2 is 1.54 bits per heavy atom. The summed E-state index contributed by atoms with van der Waals surface area (Å²) in [5.41, 5.74) is 1.21. The van der Waals surface area contributed by atoms with Gasteiger partial charge in [-0.3, -0.25) is 4.72 Å². The highest BCUT2D eigenvalue weighted by atomic mass is 32.2. The zero-order valence-corrected chi connectivity index (χ0v) is 16.1.